The molecule has 1 unspecified atom stereocenters. The summed E-state index contributed by atoms with van der Waals surface area (Å²) in [6, 6.07) is 18.8. The van der Waals surface area contributed by atoms with Gasteiger partial charge < -0.3 is 0 Å². The van der Waals surface area contributed by atoms with Gasteiger partial charge in [0, 0.05) is 44.3 Å². The Labute approximate surface area is 163 Å². The first kappa shape index (κ1) is 18.6. The molecule has 2 nitrogen and oxygen atoms in total. The number of hydrogen-bond donors (Lipinski definition) is 0. The van der Waals surface area contributed by atoms with Gasteiger partial charge in [-0.05, 0) is 30.4 Å². The van der Waals surface area contributed by atoms with Crippen molar-refractivity contribution >= 4 is 0 Å². The summed E-state index contributed by atoms with van der Waals surface area (Å²) in [4.78, 5) is 5.10. The zero-order valence-corrected chi connectivity index (χ0v) is 16.2. The molecule has 4 rings (SSSR count). The van der Waals surface area contributed by atoms with Crippen LogP contribution in [0.1, 0.15) is 49.3 Å². The number of piperazine rings is 1. The van der Waals surface area contributed by atoms with Crippen LogP contribution in [-0.4, -0.2) is 36.0 Å². The van der Waals surface area contributed by atoms with Crippen LogP contribution < -0.4 is 0 Å². The van der Waals surface area contributed by atoms with Crippen molar-refractivity contribution in [3.8, 4) is 0 Å². The molecule has 2 aromatic carbocycles. The van der Waals surface area contributed by atoms with Gasteiger partial charge in [0.15, 0.2) is 0 Å². The summed E-state index contributed by atoms with van der Waals surface area (Å²) in [5.41, 5.74) is 2.30. The van der Waals surface area contributed by atoms with Gasteiger partial charge in [-0.2, -0.15) is 0 Å². The molecule has 0 amide bonds. The van der Waals surface area contributed by atoms with E-state index >= 15 is 0 Å². The van der Waals surface area contributed by atoms with Gasteiger partial charge in [0.1, 0.15) is 5.82 Å². The van der Waals surface area contributed by atoms with Crippen molar-refractivity contribution in [2.45, 2.75) is 44.7 Å². The van der Waals surface area contributed by atoms with E-state index in [1.54, 1.807) is 12.1 Å². The Morgan fingerprint density at radius 3 is 2.19 bits per heavy atom. The monoisotopic (exact) mass is 366 g/mol. The first-order chi connectivity index (χ1) is 13.3. The predicted octanol–water partition coefficient (Wildman–Crippen LogP) is 5.26. The summed E-state index contributed by atoms with van der Waals surface area (Å²) in [5, 5.41) is 0. The van der Waals surface area contributed by atoms with Gasteiger partial charge in [0.05, 0.1) is 0 Å². The fraction of sp³-hybridized carbons (Fsp3) is 0.500. The number of rotatable bonds is 5. The summed E-state index contributed by atoms with van der Waals surface area (Å²) in [6.45, 7) is 4.91. The van der Waals surface area contributed by atoms with Crippen LogP contribution in [0.4, 0.5) is 4.39 Å². The molecule has 0 radical (unpaired) electrons. The average Bonchev–Trinajstić information content (AvgIpc) is 2.73. The van der Waals surface area contributed by atoms with E-state index in [-0.39, 0.29) is 5.82 Å². The summed E-state index contributed by atoms with van der Waals surface area (Å²) in [6.07, 6.45) is 6.86. The van der Waals surface area contributed by atoms with Crippen LogP contribution in [0, 0.1) is 11.7 Å². The van der Waals surface area contributed by atoms with Crippen molar-refractivity contribution in [3.63, 3.8) is 0 Å². The Morgan fingerprint density at radius 2 is 1.48 bits per heavy atom. The van der Waals surface area contributed by atoms with Crippen molar-refractivity contribution < 1.29 is 4.39 Å². The first-order valence-electron chi connectivity index (χ1n) is 10.6. The van der Waals surface area contributed by atoms with E-state index in [2.05, 4.69) is 40.1 Å². The Balaban J connectivity index is 1.43. The minimum Gasteiger partial charge on any atom is -0.296 e. The van der Waals surface area contributed by atoms with Crippen molar-refractivity contribution in [3.05, 3.63) is 71.5 Å². The van der Waals surface area contributed by atoms with Gasteiger partial charge in [0.25, 0.3) is 0 Å². The third-order valence-electron chi connectivity index (χ3n) is 6.39. The fourth-order valence-electron chi connectivity index (χ4n) is 4.95. The first-order valence-corrected chi connectivity index (χ1v) is 10.6. The molecule has 1 saturated carbocycles. The Bertz CT molecular complexity index is 703. The maximum absolute atomic E-state index is 14.0. The smallest absolute Gasteiger partial charge is 0.127 e. The van der Waals surface area contributed by atoms with E-state index in [1.807, 2.05) is 12.1 Å². The second kappa shape index (κ2) is 8.99. The van der Waals surface area contributed by atoms with Gasteiger partial charge in [-0.25, -0.2) is 4.39 Å². The number of nitrogens with zero attached hydrogens (tertiary/aromatic N) is 2. The van der Waals surface area contributed by atoms with Crippen molar-refractivity contribution in [2.24, 2.45) is 5.92 Å². The van der Waals surface area contributed by atoms with Gasteiger partial charge >= 0.3 is 0 Å². The average molecular weight is 367 g/mol. The lowest BCUT2D eigenvalue weighted by atomic mass is 9.80. The maximum atomic E-state index is 14.0. The molecule has 2 aliphatic rings. The Kier molecular flexibility index (Phi) is 6.21. The van der Waals surface area contributed by atoms with Gasteiger partial charge in [0.2, 0.25) is 0 Å². The van der Waals surface area contributed by atoms with Crippen LogP contribution in [-0.2, 0) is 6.54 Å². The second-order valence-electron chi connectivity index (χ2n) is 8.16. The molecule has 1 aliphatic heterocycles. The molecule has 3 heteroatoms. The van der Waals surface area contributed by atoms with E-state index < -0.39 is 0 Å². The van der Waals surface area contributed by atoms with Crippen molar-refractivity contribution in [1.82, 2.24) is 9.80 Å². The molecule has 1 atom stereocenters. The molecule has 1 saturated heterocycles. The highest BCUT2D eigenvalue weighted by Gasteiger charge is 2.32. The van der Waals surface area contributed by atoms with E-state index in [1.165, 1.54) is 37.7 Å². The molecule has 1 aliphatic carbocycles. The van der Waals surface area contributed by atoms with Crippen molar-refractivity contribution in [2.75, 3.05) is 26.2 Å². The summed E-state index contributed by atoms with van der Waals surface area (Å²) < 4.78 is 14.0. The topological polar surface area (TPSA) is 6.48 Å². The second-order valence-corrected chi connectivity index (χ2v) is 8.16. The Hall–Kier alpha value is -1.71. The van der Waals surface area contributed by atoms with Crippen LogP contribution in [0.25, 0.3) is 0 Å². The lowest BCUT2D eigenvalue weighted by molar-refractivity contribution is 0.0543. The molecule has 2 fully saturated rings. The molecule has 2 aromatic rings. The van der Waals surface area contributed by atoms with E-state index in [4.69, 9.17) is 0 Å². The Morgan fingerprint density at radius 1 is 0.815 bits per heavy atom. The molecule has 27 heavy (non-hydrogen) atoms. The lowest BCUT2D eigenvalue weighted by Crippen LogP contribution is -2.48. The van der Waals surface area contributed by atoms with Crippen LogP contribution in [0.2, 0.25) is 0 Å². The highest BCUT2D eigenvalue weighted by molar-refractivity contribution is 5.21. The largest absolute Gasteiger partial charge is 0.296 e. The fourth-order valence-corrected chi connectivity index (χ4v) is 4.95. The van der Waals surface area contributed by atoms with E-state index in [0.717, 1.165) is 44.2 Å². The number of halogens is 1. The molecular weight excluding hydrogens is 335 g/mol. The van der Waals surface area contributed by atoms with Crippen LogP contribution in [0.3, 0.4) is 0 Å². The molecule has 0 bridgehead atoms. The number of hydrogen-bond acceptors (Lipinski definition) is 2. The van der Waals surface area contributed by atoms with Crippen LogP contribution in [0.5, 0.6) is 0 Å². The van der Waals surface area contributed by atoms with Crippen LogP contribution >= 0.6 is 0 Å². The van der Waals surface area contributed by atoms with E-state index in [0.29, 0.717) is 6.04 Å². The summed E-state index contributed by atoms with van der Waals surface area (Å²) in [7, 11) is 0. The number of benzene rings is 2. The normalized spacial score (nSPS) is 21.2. The third kappa shape index (κ3) is 4.59. The van der Waals surface area contributed by atoms with Crippen LogP contribution in [0.15, 0.2) is 54.6 Å². The molecule has 0 aromatic heterocycles. The molecule has 144 valence electrons. The summed E-state index contributed by atoms with van der Waals surface area (Å²) >= 11 is 0. The van der Waals surface area contributed by atoms with Gasteiger partial charge in [-0.15, -0.1) is 0 Å². The third-order valence-corrected chi connectivity index (χ3v) is 6.39. The minimum absolute atomic E-state index is 0.0794. The standard InChI is InChI=1S/C24H31FN2/c25-23-14-8-7-13-22(23)19-26-15-17-27(18-16-26)24(20-9-3-1-4-10-20)21-11-5-2-6-12-21/h1,3-4,7-10,13-14,21,24H,2,5-6,11-12,15-19H2. The summed E-state index contributed by atoms with van der Waals surface area (Å²) in [5.74, 6) is 0.698. The van der Waals surface area contributed by atoms with Gasteiger partial charge in [-0.3, -0.25) is 9.80 Å². The zero-order chi connectivity index (χ0) is 18.5. The quantitative estimate of drug-likeness (QED) is 0.712. The molecular formula is C24H31FN2. The predicted molar refractivity (Wildman–Crippen MR) is 109 cm³/mol. The highest BCUT2D eigenvalue weighted by atomic mass is 19.1. The lowest BCUT2D eigenvalue weighted by Gasteiger charge is -2.43. The zero-order valence-electron chi connectivity index (χ0n) is 16.2. The molecule has 1 heterocycles. The van der Waals surface area contributed by atoms with Crippen molar-refractivity contribution in [1.29, 1.82) is 0 Å². The molecule has 0 N–H and O–H groups in total. The highest BCUT2D eigenvalue weighted by Crippen LogP contribution is 2.38. The minimum atomic E-state index is -0.0794. The SMILES string of the molecule is Fc1ccccc1CN1CCN(C(c2ccccc2)C2CCCCC2)CC1. The molecule has 0 spiro atoms. The van der Waals surface area contributed by atoms with Gasteiger partial charge in [-0.1, -0.05) is 67.8 Å². The maximum Gasteiger partial charge on any atom is 0.127 e. The van der Waals surface area contributed by atoms with E-state index in [9.17, 15) is 4.39 Å².